The molecule has 0 saturated carbocycles. The number of hydrogen-bond donors (Lipinski definition) is 1. The summed E-state index contributed by atoms with van der Waals surface area (Å²) in [6.45, 7) is 7.99. The Bertz CT molecular complexity index is 893. The van der Waals surface area contributed by atoms with Gasteiger partial charge in [-0.2, -0.15) is 0 Å². The molecule has 0 amide bonds. The minimum absolute atomic E-state index is 0.348. The van der Waals surface area contributed by atoms with Crippen molar-refractivity contribution in [1.29, 1.82) is 0 Å². The van der Waals surface area contributed by atoms with E-state index in [1.807, 2.05) is 66.7 Å². The van der Waals surface area contributed by atoms with E-state index < -0.39 is 6.10 Å². The molecule has 0 unspecified atom stereocenters. The molecule has 0 aliphatic heterocycles. The normalized spacial score (nSPS) is 13.0. The zero-order valence-electron chi connectivity index (χ0n) is 18.4. The molecule has 0 bridgehead atoms. The first-order valence-corrected chi connectivity index (χ1v) is 11.0. The van der Waals surface area contributed by atoms with Crippen LogP contribution in [0.25, 0.3) is 0 Å². The molecule has 0 heterocycles. The molecule has 0 aliphatic carbocycles. The second-order valence-electron chi connectivity index (χ2n) is 7.97. The first-order chi connectivity index (χ1) is 15.2. The summed E-state index contributed by atoms with van der Waals surface area (Å²) in [4.78, 5) is 2.29. The summed E-state index contributed by atoms with van der Waals surface area (Å²) in [6.07, 6.45) is 3.42. The average molecular weight is 416 g/mol. The average Bonchev–Trinajstić information content (AvgIpc) is 2.82. The molecule has 3 aromatic carbocycles. The Labute approximate surface area is 186 Å². The maximum atomic E-state index is 10.8. The monoisotopic (exact) mass is 415 g/mol. The van der Waals surface area contributed by atoms with E-state index in [1.54, 1.807) is 0 Å². The number of rotatable bonds is 12. The molecule has 0 spiro atoms. The lowest BCUT2D eigenvalue weighted by Crippen LogP contribution is -2.37. The highest BCUT2D eigenvalue weighted by atomic mass is 16.5. The number of aliphatic hydroxyl groups excluding tert-OH is 1. The smallest absolute Gasteiger partial charge is 0.119 e. The summed E-state index contributed by atoms with van der Waals surface area (Å²) in [5.41, 5.74) is 3.38. The molecule has 0 radical (unpaired) electrons. The first-order valence-electron chi connectivity index (χ1n) is 11.0. The van der Waals surface area contributed by atoms with Gasteiger partial charge in [0.25, 0.3) is 0 Å². The molecule has 3 heteroatoms. The molecule has 0 fully saturated rings. The molecule has 3 aromatic rings. The van der Waals surface area contributed by atoms with Crippen molar-refractivity contribution >= 4 is 0 Å². The summed E-state index contributed by atoms with van der Waals surface area (Å²) in [5, 5.41) is 10.8. The van der Waals surface area contributed by atoms with Gasteiger partial charge in [-0.05, 0) is 48.6 Å². The van der Waals surface area contributed by atoms with E-state index in [1.165, 1.54) is 5.56 Å². The van der Waals surface area contributed by atoms with E-state index in [-0.39, 0.29) is 0 Å². The highest BCUT2D eigenvalue weighted by Crippen LogP contribution is 2.21. The Kier molecular flexibility index (Phi) is 8.89. The molecule has 162 valence electrons. The Balaban J connectivity index is 1.53. The number of nitrogens with zero attached hydrogens (tertiary/aromatic N) is 1. The molecule has 2 atom stereocenters. The predicted octanol–water partition coefficient (Wildman–Crippen LogP) is 5.81. The van der Waals surface area contributed by atoms with E-state index in [4.69, 9.17) is 4.74 Å². The third-order valence-electron chi connectivity index (χ3n) is 5.60. The number of hydrogen-bond acceptors (Lipinski definition) is 3. The fourth-order valence-corrected chi connectivity index (χ4v) is 3.66. The molecule has 3 rings (SSSR count). The Morgan fingerprint density at radius 2 is 1.52 bits per heavy atom. The molecule has 31 heavy (non-hydrogen) atoms. The Morgan fingerprint density at radius 3 is 2.13 bits per heavy atom. The highest BCUT2D eigenvalue weighted by Gasteiger charge is 2.18. The van der Waals surface area contributed by atoms with Crippen LogP contribution in [-0.4, -0.2) is 29.1 Å². The predicted molar refractivity (Wildman–Crippen MR) is 128 cm³/mol. The fraction of sp³-hybridized carbons (Fsp3) is 0.286. The molecular weight excluding hydrogens is 382 g/mol. The van der Waals surface area contributed by atoms with E-state index in [0.717, 1.165) is 36.3 Å². The molecule has 0 aromatic heterocycles. The first kappa shape index (κ1) is 22.8. The van der Waals surface area contributed by atoms with Crippen molar-refractivity contribution in [2.45, 2.75) is 38.5 Å². The van der Waals surface area contributed by atoms with Gasteiger partial charge >= 0.3 is 0 Å². The van der Waals surface area contributed by atoms with Gasteiger partial charge < -0.3 is 9.84 Å². The Hall–Kier alpha value is -2.88. The van der Waals surface area contributed by atoms with Crippen molar-refractivity contribution in [3.05, 3.63) is 114 Å². The quantitative estimate of drug-likeness (QED) is 0.379. The van der Waals surface area contributed by atoms with Gasteiger partial charge in [0.2, 0.25) is 0 Å². The van der Waals surface area contributed by atoms with Crippen LogP contribution < -0.4 is 4.74 Å². The van der Waals surface area contributed by atoms with Crippen LogP contribution in [0.1, 0.15) is 36.1 Å². The van der Waals surface area contributed by atoms with Gasteiger partial charge in [0.15, 0.2) is 0 Å². The fourth-order valence-electron chi connectivity index (χ4n) is 3.66. The van der Waals surface area contributed by atoms with Crippen molar-refractivity contribution in [1.82, 2.24) is 4.90 Å². The lowest BCUT2D eigenvalue weighted by molar-refractivity contribution is 0.0964. The van der Waals surface area contributed by atoms with Crippen molar-refractivity contribution in [3.63, 3.8) is 0 Å². The second-order valence-corrected chi connectivity index (χ2v) is 7.97. The summed E-state index contributed by atoms with van der Waals surface area (Å²) >= 11 is 0. The maximum Gasteiger partial charge on any atom is 0.119 e. The minimum atomic E-state index is -0.553. The number of aryl methyl sites for hydroxylation is 1. The van der Waals surface area contributed by atoms with Crippen LogP contribution in [0.15, 0.2) is 97.6 Å². The minimum Gasteiger partial charge on any atom is -0.489 e. The maximum absolute atomic E-state index is 10.8. The van der Waals surface area contributed by atoms with Gasteiger partial charge in [-0.15, -0.1) is 6.58 Å². The van der Waals surface area contributed by atoms with Gasteiger partial charge in [-0.1, -0.05) is 78.9 Å². The zero-order chi connectivity index (χ0) is 21.9. The number of benzene rings is 3. The van der Waals surface area contributed by atoms with E-state index in [2.05, 4.69) is 42.7 Å². The number of ether oxygens (including phenoxy) is 1. The standard InChI is InChI=1S/C28H33NO2/c1-3-20-29(23(2)14-15-24-10-6-4-7-11-24)21-28(30)26-16-18-27(19-17-26)31-22-25-12-8-5-9-13-25/h3-13,16-19,23,28,30H,1,14-15,20-22H2,2H3/t23-,28+/m0/s1. The van der Waals surface area contributed by atoms with Crippen molar-refractivity contribution in [2.75, 3.05) is 13.1 Å². The van der Waals surface area contributed by atoms with Crippen LogP contribution >= 0.6 is 0 Å². The molecule has 3 nitrogen and oxygen atoms in total. The third-order valence-corrected chi connectivity index (χ3v) is 5.60. The molecular formula is C28H33NO2. The molecule has 0 saturated heterocycles. The highest BCUT2D eigenvalue weighted by molar-refractivity contribution is 5.29. The summed E-state index contributed by atoms with van der Waals surface area (Å²) in [7, 11) is 0. The van der Waals surface area contributed by atoms with Gasteiger partial charge in [0, 0.05) is 19.1 Å². The summed E-state index contributed by atoms with van der Waals surface area (Å²) in [6, 6.07) is 28.8. The van der Waals surface area contributed by atoms with Gasteiger partial charge in [-0.25, -0.2) is 0 Å². The Morgan fingerprint density at radius 1 is 0.903 bits per heavy atom. The van der Waals surface area contributed by atoms with Crippen LogP contribution in [-0.2, 0) is 13.0 Å². The third kappa shape index (κ3) is 7.39. The molecule has 0 aliphatic rings. The van der Waals surface area contributed by atoms with E-state index >= 15 is 0 Å². The van der Waals surface area contributed by atoms with E-state index in [9.17, 15) is 5.11 Å². The lowest BCUT2D eigenvalue weighted by atomic mass is 10.0. The lowest BCUT2D eigenvalue weighted by Gasteiger charge is -2.30. The van der Waals surface area contributed by atoms with Crippen LogP contribution in [0, 0.1) is 0 Å². The van der Waals surface area contributed by atoms with Crippen molar-refractivity contribution in [2.24, 2.45) is 0 Å². The van der Waals surface area contributed by atoms with Gasteiger partial charge in [0.05, 0.1) is 6.10 Å². The topological polar surface area (TPSA) is 32.7 Å². The zero-order valence-corrected chi connectivity index (χ0v) is 18.4. The second kappa shape index (κ2) is 12.1. The SMILES string of the molecule is C=CCN(C[C@@H](O)c1ccc(OCc2ccccc2)cc1)[C@@H](C)CCc1ccccc1. The van der Waals surface area contributed by atoms with Crippen LogP contribution in [0.2, 0.25) is 0 Å². The van der Waals surface area contributed by atoms with Crippen LogP contribution in [0.3, 0.4) is 0 Å². The summed E-state index contributed by atoms with van der Waals surface area (Å²) < 4.78 is 5.85. The van der Waals surface area contributed by atoms with Gasteiger partial charge in [0.1, 0.15) is 12.4 Å². The van der Waals surface area contributed by atoms with Crippen LogP contribution in [0.4, 0.5) is 0 Å². The van der Waals surface area contributed by atoms with Crippen LogP contribution in [0.5, 0.6) is 5.75 Å². The van der Waals surface area contributed by atoms with Gasteiger partial charge in [-0.3, -0.25) is 4.90 Å². The van der Waals surface area contributed by atoms with Crippen molar-refractivity contribution in [3.8, 4) is 5.75 Å². The molecule has 1 N–H and O–H groups in total. The number of aliphatic hydroxyl groups is 1. The van der Waals surface area contributed by atoms with E-state index in [0.29, 0.717) is 19.2 Å². The largest absolute Gasteiger partial charge is 0.489 e. The summed E-state index contributed by atoms with van der Waals surface area (Å²) in [5.74, 6) is 0.805. The van der Waals surface area contributed by atoms with Crippen molar-refractivity contribution < 1.29 is 9.84 Å².